The number of methoxy groups -OCH3 is 1. The number of hydrogen-bond acceptors (Lipinski definition) is 2. The number of benzene rings is 3. The maximum Gasteiger partial charge on any atom is 0.234 e. The lowest BCUT2D eigenvalue weighted by atomic mass is 9.90. The lowest BCUT2D eigenvalue weighted by Crippen LogP contribution is -2.37. The highest BCUT2D eigenvalue weighted by molar-refractivity contribution is 5.87. The second-order valence-electron chi connectivity index (χ2n) is 8.47. The zero-order chi connectivity index (χ0) is 23.6. The normalized spacial score (nSPS) is 11.0. The van der Waals surface area contributed by atoms with Crippen molar-refractivity contribution in [2.45, 2.75) is 25.4 Å². The van der Waals surface area contributed by atoms with Gasteiger partial charge in [-0.1, -0.05) is 91.0 Å². The summed E-state index contributed by atoms with van der Waals surface area (Å²) < 4.78 is 7.52. The van der Waals surface area contributed by atoms with Gasteiger partial charge in [0.25, 0.3) is 0 Å². The lowest BCUT2D eigenvalue weighted by Gasteiger charge is -2.29. The molecule has 1 amide bonds. The third-order valence-electron chi connectivity index (χ3n) is 6.07. The minimum atomic E-state index is -0.345. The summed E-state index contributed by atoms with van der Waals surface area (Å²) in [5.41, 5.74) is 4.38. The maximum atomic E-state index is 14.1. The van der Waals surface area contributed by atoms with Crippen LogP contribution >= 0.6 is 0 Å². The molecule has 1 aromatic heterocycles. The first-order valence-electron chi connectivity index (χ1n) is 11.8. The molecule has 3 aromatic carbocycles. The Balaban J connectivity index is 1.62. The van der Waals surface area contributed by atoms with E-state index in [0.29, 0.717) is 19.7 Å². The van der Waals surface area contributed by atoms with Crippen molar-refractivity contribution < 1.29 is 9.53 Å². The number of nitrogens with zero attached hydrogens (tertiary/aromatic N) is 2. The van der Waals surface area contributed by atoms with Crippen LogP contribution in [-0.4, -0.2) is 35.6 Å². The predicted octanol–water partition coefficient (Wildman–Crippen LogP) is 5.73. The van der Waals surface area contributed by atoms with Crippen molar-refractivity contribution in [2.75, 3.05) is 20.3 Å². The number of carbonyl (C=O) groups is 1. The molecule has 1 heterocycles. The number of amides is 1. The van der Waals surface area contributed by atoms with Gasteiger partial charge in [0.15, 0.2) is 0 Å². The molecule has 0 spiro atoms. The largest absolute Gasteiger partial charge is 0.385 e. The summed E-state index contributed by atoms with van der Waals surface area (Å²) in [6, 6.07) is 34.7. The molecule has 0 saturated heterocycles. The molecule has 0 aliphatic carbocycles. The number of rotatable bonds is 11. The summed E-state index contributed by atoms with van der Waals surface area (Å²) >= 11 is 0. The first-order chi connectivity index (χ1) is 16.8. The summed E-state index contributed by atoms with van der Waals surface area (Å²) in [6.07, 6.45) is 2.88. The van der Waals surface area contributed by atoms with Gasteiger partial charge in [-0.2, -0.15) is 0 Å². The van der Waals surface area contributed by atoms with Crippen molar-refractivity contribution >= 4 is 5.91 Å². The summed E-state index contributed by atoms with van der Waals surface area (Å²) in [6.45, 7) is 2.60. The molecule has 0 aliphatic heterocycles. The van der Waals surface area contributed by atoms with Crippen molar-refractivity contribution in [1.82, 2.24) is 9.47 Å². The van der Waals surface area contributed by atoms with Crippen LogP contribution in [0.5, 0.6) is 0 Å². The second kappa shape index (κ2) is 12.0. The summed E-state index contributed by atoms with van der Waals surface area (Å²) in [4.78, 5) is 16.1. The third-order valence-corrected chi connectivity index (χ3v) is 6.07. The minimum absolute atomic E-state index is 0.112. The molecular formula is C30H32N2O2. The van der Waals surface area contributed by atoms with Crippen LogP contribution in [0.4, 0.5) is 0 Å². The van der Waals surface area contributed by atoms with Gasteiger partial charge in [-0.3, -0.25) is 4.79 Å². The van der Waals surface area contributed by atoms with E-state index in [1.165, 1.54) is 5.56 Å². The smallest absolute Gasteiger partial charge is 0.234 e. The molecule has 0 atom stereocenters. The Bertz CT molecular complexity index is 1100. The molecule has 0 N–H and O–H groups in total. The molecule has 0 fully saturated rings. The first kappa shape index (κ1) is 23.5. The quantitative estimate of drug-likeness (QED) is 0.272. The van der Waals surface area contributed by atoms with E-state index in [1.54, 1.807) is 7.11 Å². The van der Waals surface area contributed by atoms with Crippen LogP contribution in [-0.2, 0) is 22.6 Å². The summed E-state index contributed by atoms with van der Waals surface area (Å²) in [5.74, 6) is -0.233. The third kappa shape index (κ3) is 6.03. The van der Waals surface area contributed by atoms with Crippen LogP contribution < -0.4 is 0 Å². The Kier molecular flexibility index (Phi) is 8.31. The molecule has 0 saturated carbocycles. The minimum Gasteiger partial charge on any atom is -0.385 e. The Labute approximate surface area is 202 Å². The average molecular weight is 453 g/mol. The van der Waals surface area contributed by atoms with E-state index in [2.05, 4.69) is 47.2 Å². The van der Waals surface area contributed by atoms with E-state index < -0.39 is 0 Å². The maximum absolute atomic E-state index is 14.1. The number of carbonyl (C=O) groups excluding carboxylic acids is 1. The Morgan fingerprint density at radius 1 is 0.824 bits per heavy atom. The van der Waals surface area contributed by atoms with E-state index in [1.807, 2.05) is 71.6 Å². The Morgan fingerprint density at radius 3 is 2.00 bits per heavy atom. The Morgan fingerprint density at radius 2 is 1.41 bits per heavy atom. The molecule has 0 aliphatic rings. The molecule has 4 heteroatoms. The van der Waals surface area contributed by atoms with Gasteiger partial charge in [0.1, 0.15) is 0 Å². The second-order valence-corrected chi connectivity index (χ2v) is 8.47. The average Bonchev–Trinajstić information content (AvgIpc) is 3.32. The number of hydrogen-bond donors (Lipinski definition) is 0. The van der Waals surface area contributed by atoms with Gasteiger partial charge < -0.3 is 14.2 Å². The van der Waals surface area contributed by atoms with Gasteiger partial charge in [0, 0.05) is 38.7 Å². The fourth-order valence-electron chi connectivity index (χ4n) is 4.34. The van der Waals surface area contributed by atoms with Crippen molar-refractivity contribution in [3.63, 3.8) is 0 Å². The topological polar surface area (TPSA) is 34.5 Å². The van der Waals surface area contributed by atoms with Crippen LogP contribution in [0.3, 0.4) is 0 Å². The zero-order valence-corrected chi connectivity index (χ0v) is 19.7. The molecule has 34 heavy (non-hydrogen) atoms. The van der Waals surface area contributed by atoms with Crippen molar-refractivity contribution in [3.05, 3.63) is 132 Å². The highest BCUT2D eigenvalue weighted by Crippen LogP contribution is 2.28. The van der Waals surface area contributed by atoms with Gasteiger partial charge in [0.2, 0.25) is 5.91 Å². The van der Waals surface area contributed by atoms with Gasteiger partial charge in [-0.05, 0) is 35.2 Å². The van der Waals surface area contributed by atoms with Crippen LogP contribution in [0.15, 0.2) is 109 Å². The van der Waals surface area contributed by atoms with Crippen LogP contribution in [0, 0.1) is 0 Å². The van der Waals surface area contributed by atoms with E-state index in [0.717, 1.165) is 29.8 Å². The van der Waals surface area contributed by atoms with Crippen molar-refractivity contribution in [3.8, 4) is 0 Å². The fraction of sp³-hybridized carbons (Fsp3) is 0.233. The van der Waals surface area contributed by atoms with Gasteiger partial charge in [-0.15, -0.1) is 0 Å². The Hall–Kier alpha value is -3.63. The van der Waals surface area contributed by atoms with Gasteiger partial charge >= 0.3 is 0 Å². The highest BCUT2D eigenvalue weighted by atomic mass is 16.5. The van der Waals surface area contributed by atoms with Crippen molar-refractivity contribution in [1.29, 1.82) is 0 Å². The van der Waals surface area contributed by atoms with Gasteiger partial charge in [0.05, 0.1) is 12.5 Å². The first-order valence-corrected chi connectivity index (χ1v) is 11.8. The molecule has 4 nitrogen and oxygen atoms in total. The summed E-state index contributed by atoms with van der Waals surface area (Å²) in [7, 11) is 1.70. The van der Waals surface area contributed by atoms with Crippen LogP contribution in [0.2, 0.25) is 0 Å². The molecule has 4 rings (SSSR count). The fourth-order valence-corrected chi connectivity index (χ4v) is 4.34. The molecule has 0 bridgehead atoms. The zero-order valence-electron chi connectivity index (χ0n) is 19.7. The number of aromatic nitrogens is 1. The molecular weight excluding hydrogens is 420 g/mol. The molecule has 0 unspecified atom stereocenters. The van der Waals surface area contributed by atoms with E-state index >= 15 is 0 Å². The molecule has 0 radical (unpaired) electrons. The molecule has 4 aromatic rings. The molecule has 174 valence electrons. The standard InChI is InChI=1S/C30H32N2O2/c1-34-22-12-21-32(24-28-19-11-20-31(28)23-25-13-5-2-6-14-25)30(33)29(26-15-7-3-8-16-26)27-17-9-4-10-18-27/h2-11,13-20,29H,12,21-24H2,1H3. The van der Waals surface area contributed by atoms with E-state index in [-0.39, 0.29) is 11.8 Å². The van der Waals surface area contributed by atoms with E-state index in [9.17, 15) is 4.79 Å². The monoisotopic (exact) mass is 452 g/mol. The lowest BCUT2D eigenvalue weighted by molar-refractivity contribution is -0.132. The number of ether oxygens (including phenoxy) is 1. The van der Waals surface area contributed by atoms with Gasteiger partial charge in [-0.25, -0.2) is 0 Å². The van der Waals surface area contributed by atoms with Crippen LogP contribution in [0.1, 0.15) is 34.7 Å². The SMILES string of the molecule is COCCCN(Cc1cccn1Cc1ccccc1)C(=O)C(c1ccccc1)c1ccccc1. The van der Waals surface area contributed by atoms with E-state index in [4.69, 9.17) is 4.74 Å². The van der Waals surface area contributed by atoms with Crippen molar-refractivity contribution in [2.24, 2.45) is 0 Å². The van der Waals surface area contributed by atoms with Crippen LogP contribution in [0.25, 0.3) is 0 Å². The summed E-state index contributed by atoms with van der Waals surface area (Å²) in [5, 5.41) is 0. The highest BCUT2D eigenvalue weighted by Gasteiger charge is 2.28. The predicted molar refractivity (Wildman–Crippen MR) is 137 cm³/mol.